The van der Waals surface area contributed by atoms with Crippen molar-refractivity contribution in [3.05, 3.63) is 41.5 Å². The molecule has 5 nitrogen and oxygen atoms in total. The summed E-state index contributed by atoms with van der Waals surface area (Å²) in [7, 11) is 1.65. The zero-order valence-corrected chi connectivity index (χ0v) is 11.5. The number of rotatable bonds is 5. The molecule has 19 heavy (non-hydrogen) atoms. The number of hydrogen-bond donors (Lipinski definition) is 1. The minimum atomic E-state index is -0.211. The predicted octanol–water partition coefficient (Wildman–Crippen LogP) is 2.32. The summed E-state index contributed by atoms with van der Waals surface area (Å²) in [5.41, 5.74) is 7.07. The molecular weight excluding hydrogens is 242 g/mol. The third kappa shape index (κ3) is 3.32. The highest BCUT2D eigenvalue weighted by molar-refractivity contribution is 5.28. The monoisotopic (exact) mass is 261 g/mol. The number of methoxy groups -OCH3 is 1. The minimum absolute atomic E-state index is 0.211. The Hall–Kier alpha value is -1.88. The molecular formula is C14H19N3O2. The van der Waals surface area contributed by atoms with E-state index in [1.807, 2.05) is 38.1 Å². The van der Waals surface area contributed by atoms with Crippen LogP contribution in [0, 0.1) is 5.92 Å². The molecule has 0 saturated heterocycles. The highest BCUT2D eigenvalue weighted by atomic mass is 16.5. The van der Waals surface area contributed by atoms with E-state index in [1.165, 1.54) is 0 Å². The number of ether oxygens (including phenoxy) is 1. The molecule has 0 aliphatic carbocycles. The third-order valence-electron chi connectivity index (χ3n) is 3.01. The van der Waals surface area contributed by atoms with Crippen molar-refractivity contribution >= 4 is 0 Å². The molecule has 102 valence electrons. The van der Waals surface area contributed by atoms with Gasteiger partial charge in [-0.15, -0.1) is 0 Å². The molecule has 0 aliphatic rings. The van der Waals surface area contributed by atoms with Crippen LogP contribution in [-0.2, 0) is 6.42 Å². The van der Waals surface area contributed by atoms with Gasteiger partial charge < -0.3 is 15.0 Å². The minimum Gasteiger partial charge on any atom is -0.497 e. The first kappa shape index (κ1) is 13.5. The highest BCUT2D eigenvalue weighted by Crippen LogP contribution is 2.18. The summed E-state index contributed by atoms with van der Waals surface area (Å²) in [4.78, 5) is 4.34. The molecule has 1 heterocycles. The molecule has 0 amide bonds. The Bertz CT molecular complexity index is 520. The maximum atomic E-state index is 5.97. The van der Waals surface area contributed by atoms with Crippen LogP contribution in [-0.4, -0.2) is 17.3 Å². The van der Waals surface area contributed by atoms with Crippen molar-refractivity contribution in [1.29, 1.82) is 0 Å². The Labute approximate surface area is 112 Å². The van der Waals surface area contributed by atoms with Crippen molar-refractivity contribution in [3.63, 3.8) is 0 Å². The molecule has 1 aromatic carbocycles. The molecule has 2 aromatic rings. The van der Waals surface area contributed by atoms with Crippen molar-refractivity contribution in [2.45, 2.75) is 26.3 Å². The summed E-state index contributed by atoms with van der Waals surface area (Å²) in [6.07, 6.45) is 0.623. The van der Waals surface area contributed by atoms with Crippen LogP contribution in [0.2, 0.25) is 0 Å². The van der Waals surface area contributed by atoms with Gasteiger partial charge in [-0.2, -0.15) is 4.98 Å². The van der Waals surface area contributed by atoms with Gasteiger partial charge in [-0.25, -0.2) is 0 Å². The normalized spacial score (nSPS) is 12.7. The number of nitrogens with two attached hydrogens (primary N) is 1. The first-order chi connectivity index (χ1) is 9.10. The fourth-order valence-corrected chi connectivity index (χ4v) is 1.69. The number of benzene rings is 1. The molecule has 0 radical (unpaired) electrons. The summed E-state index contributed by atoms with van der Waals surface area (Å²) >= 11 is 0. The van der Waals surface area contributed by atoms with Crippen LogP contribution < -0.4 is 10.5 Å². The Morgan fingerprint density at radius 2 is 1.95 bits per heavy atom. The third-order valence-corrected chi connectivity index (χ3v) is 3.01. The van der Waals surface area contributed by atoms with Crippen LogP contribution in [0.25, 0.3) is 0 Å². The van der Waals surface area contributed by atoms with Gasteiger partial charge in [0.1, 0.15) is 5.75 Å². The average Bonchev–Trinajstić information content (AvgIpc) is 2.87. The van der Waals surface area contributed by atoms with E-state index >= 15 is 0 Å². The van der Waals surface area contributed by atoms with Crippen molar-refractivity contribution in [3.8, 4) is 5.75 Å². The van der Waals surface area contributed by atoms with Gasteiger partial charge in [0.2, 0.25) is 5.89 Å². The van der Waals surface area contributed by atoms with E-state index < -0.39 is 0 Å². The molecule has 1 aromatic heterocycles. The number of hydrogen-bond acceptors (Lipinski definition) is 5. The van der Waals surface area contributed by atoms with Crippen LogP contribution in [0.5, 0.6) is 5.75 Å². The molecule has 0 spiro atoms. The molecule has 5 heteroatoms. The van der Waals surface area contributed by atoms with Gasteiger partial charge in [0.05, 0.1) is 13.2 Å². The van der Waals surface area contributed by atoms with Gasteiger partial charge in [-0.1, -0.05) is 31.1 Å². The van der Waals surface area contributed by atoms with Gasteiger partial charge in [-0.05, 0) is 23.6 Å². The predicted molar refractivity (Wildman–Crippen MR) is 71.9 cm³/mol. The summed E-state index contributed by atoms with van der Waals surface area (Å²) in [5, 5.41) is 3.96. The lowest BCUT2D eigenvalue weighted by molar-refractivity contribution is 0.322. The second kappa shape index (κ2) is 5.84. The lowest BCUT2D eigenvalue weighted by Gasteiger charge is -2.09. The van der Waals surface area contributed by atoms with Gasteiger partial charge in [0.15, 0.2) is 5.82 Å². The van der Waals surface area contributed by atoms with E-state index in [9.17, 15) is 0 Å². The molecule has 2 N–H and O–H groups in total. The van der Waals surface area contributed by atoms with Crippen LogP contribution in [0.15, 0.2) is 28.8 Å². The van der Waals surface area contributed by atoms with E-state index in [0.29, 0.717) is 18.1 Å². The van der Waals surface area contributed by atoms with Crippen LogP contribution in [0.4, 0.5) is 0 Å². The summed E-state index contributed by atoms with van der Waals surface area (Å²) in [6, 6.07) is 7.58. The van der Waals surface area contributed by atoms with Crippen LogP contribution in [0.1, 0.15) is 37.2 Å². The first-order valence-corrected chi connectivity index (χ1v) is 6.31. The number of nitrogens with zero attached hydrogens (tertiary/aromatic N) is 2. The van der Waals surface area contributed by atoms with E-state index in [4.69, 9.17) is 15.0 Å². The zero-order valence-electron chi connectivity index (χ0n) is 11.5. The fourth-order valence-electron chi connectivity index (χ4n) is 1.69. The highest BCUT2D eigenvalue weighted by Gasteiger charge is 2.17. The second-order valence-corrected chi connectivity index (χ2v) is 4.84. The Balaban J connectivity index is 2.06. The molecule has 0 aliphatic heterocycles. The maximum absolute atomic E-state index is 5.97. The van der Waals surface area contributed by atoms with Crippen LogP contribution in [0.3, 0.4) is 0 Å². The lowest BCUT2D eigenvalue weighted by Crippen LogP contribution is -2.17. The molecule has 0 fully saturated rings. The quantitative estimate of drug-likeness (QED) is 0.894. The first-order valence-electron chi connectivity index (χ1n) is 6.31. The Morgan fingerprint density at radius 1 is 1.26 bits per heavy atom. The second-order valence-electron chi connectivity index (χ2n) is 4.84. The van der Waals surface area contributed by atoms with Gasteiger partial charge in [0, 0.05) is 6.42 Å². The van der Waals surface area contributed by atoms with E-state index in [0.717, 1.165) is 11.3 Å². The Kier molecular flexibility index (Phi) is 4.16. The lowest BCUT2D eigenvalue weighted by atomic mass is 10.1. The average molecular weight is 261 g/mol. The van der Waals surface area contributed by atoms with Crippen LogP contribution >= 0.6 is 0 Å². The SMILES string of the molecule is COc1ccc(Cc2noc([C@H](N)C(C)C)n2)cc1. The van der Waals surface area contributed by atoms with E-state index in [-0.39, 0.29) is 12.0 Å². The summed E-state index contributed by atoms with van der Waals surface area (Å²) < 4.78 is 10.3. The summed E-state index contributed by atoms with van der Waals surface area (Å²) in [5.74, 6) is 2.25. The zero-order chi connectivity index (χ0) is 13.8. The van der Waals surface area contributed by atoms with Crippen molar-refractivity contribution < 1.29 is 9.26 Å². The molecule has 0 unspecified atom stereocenters. The number of aromatic nitrogens is 2. The molecule has 0 bridgehead atoms. The topological polar surface area (TPSA) is 74.2 Å². The van der Waals surface area contributed by atoms with Crippen molar-refractivity contribution in [1.82, 2.24) is 10.1 Å². The fraction of sp³-hybridized carbons (Fsp3) is 0.429. The molecule has 2 rings (SSSR count). The molecule has 1 atom stereocenters. The smallest absolute Gasteiger partial charge is 0.243 e. The van der Waals surface area contributed by atoms with E-state index in [1.54, 1.807) is 7.11 Å². The standard InChI is InChI=1S/C14H19N3O2/c1-9(2)13(15)14-16-12(17-19-14)8-10-4-6-11(18-3)7-5-10/h4-7,9,13H,8,15H2,1-3H3/t13-/m1/s1. The maximum Gasteiger partial charge on any atom is 0.243 e. The Morgan fingerprint density at radius 3 is 2.53 bits per heavy atom. The van der Waals surface area contributed by atoms with Crippen molar-refractivity contribution in [2.75, 3.05) is 7.11 Å². The van der Waals surface area contributed by atoms with Gasteiger partial charge in [-0.3, -0.25) is 0 Å². The van der Waals surface area contributed by atoms with Gasteiger partial charge in [0.25, 0.3) is 0 Å². The largest absolute Gasteiger partial charge is 0.497 e. The van der Waals surface area contributed by atoms with E-state index in [2.05, 4.69) is 10.1 Å². The van der Waals surface area contributed by atoms with Gasteiger partial charge >= 0.3 is 0 Å². The summed E-state index contributed by atoms with van der Waals surface area (Å²) in [6.45, 7) is 4.05. The molecule has 0 saturated carbocycles. The van der Waals surface area contributed by atoms with Crippen molar-refractivity contribution in [2.24, 2.45) is 11.7 Å².